The molecule has 21 heavy (non-hydrogen) atoms. The highest BCUT2D eigenvalue weighted by Gasteiger charge is 2.15. The number of rotatable bonds is 4. The predicted molar refractivity (Wildman–Crippen MR) is 79.6 cm³/mol. The van der Waals surface area contributed by atoms with Gasteiger partial charge in [0.1, 0.15) is 5.75 Å². The van der Waals surface area contributed by atoms with E-state index in [9.17, 15) is 9.59 Å². The highest BCUT2D eigenvalue weighted by molar-refractivity contribution is 7.13. The van der Waals surface area contributed by atoms with Crippen LogP contribution in [0.1, 0.15) is 12.0 Å². The maximum atomic E-state index is 11.7. The van der Waals surface area contributed by atoms with Gasteiger partial charge in [0.05, 0.1) is 0 Å². The molecule has 0 radical (unpaired) electrons. The zero-order chi connectivity index (χ0) is 14.7. The van der Waals surface area contributed by atoms with Gasteiger partial charge >= 0.3 is 0 Å². The predicted octanol–water partition coefficient (Wildman–Crippen LogP) is 2.05. The fourth-order valence-electron chi connectivity index (χ4n) is 2.04. The fourth-order valence-corrected chi connectivity index (χ4v) is 2.58. The van der Waals surface area contributed by atoms with Crippen molar-refractivity contribution >= 4 is 34.0 Å². The monoisotopic (exact) mass is 303 g/mol. The van der Waals surface area contributed by atoms with E-state index in [4.69, 9.17) is 4.74 Å². The van der Waals surface area contributed by atoms with E-state index >= 15 is 0 Å². The molecule has 1 aliphatic heterocycles. The number of ether oxygens (including phenoxy) is 1. The third kappa shape index (κ3) is 3.38. The number of carbonyl (C=O) groups excluding carboxylic acids is 2. The number of aryl methyl sites for hydroxylation is 1. The molecule has 2 N–H and O–H groups in total. The summed E-state index contributed by atoms with van der Waals surface area (Å²) in [5, 5.41) is 7.79. The van der Waals surface area contributed by atoms with Crippen molar-refractivity contribution in [2.45, 2.75) is 12.8 Å². The van der Waals surface area contributed by atoms with E-state index in [1.807, 2.05) is 6.07 Å². The molecule has 0 fully saturated rings. The molecule has 0 unspecified atom stereocenters. The number of aromatic nitrogens is 1. The van der Waals surface area contributed by atoms with Crippen LogP contribution >= 0.6 is 11.3 Å². The van der Waals surface area contributed by atoms with Crippen LogP contribution in [0, 0.1) is 0 Å². The summed E-state index contributed by atoms with van der Waals surface area (Å²) in [5.74, 6) is 0.383. The molecule has 2 aromatic rings. The van der Waals surface area contributed by atoms with Gasteiger partial charge in [-0.3, -0.25) is 14.9 Å². The Kier molecular flexibility index (Phi) is 3.83. The Morgan fingerprint density at radius 3 is 3.14 bits per heavy atom. The van der Waals surface area contributed by atoms with Gasteiger partial charge in [-0.1, -0.05) is 0 Å². The number of amides is 2. The van der Waals surface area contributed by atoms with Gasteiger partial charge in [0, 0.05) is 23.7 Å². The van der Waals surface area contributed by atoms with E-state index in [2.05, 4.69) is 15.6 Å². The lowest BCUT2D eigenvalue weighted by molar-refractivity contribution is -0.118. The summed E-state index contributed by atoms with van der Waals surface area (Å²) in [5.41, 5.74) is 1.83. The van der Waals surface area contributed by atoms with Crippen molar-refractivity contribution in [3.8, 4) is 5.75 Å². The molecule has 0 aliphatic carbocycles. The topological polar surface area (TPSA) is 80.3 Å². The summed E-state index contributed by atoms with van der Waals surface area (Å²) in [6.07, 6.45) is 2.78. The van der Waals surface area contributed by atoms with Crippen LogP contribution in [0.2, 0.25) is 0 Å². The Morgan fingerprint density at radius 2 is 2.33 bits per heavy atom. The number of fused-ring (bicyclic) bond motifs is 1. The SMILES string of the molecule is O=C(COc1ccc2c(c1)CCC(=O)N2)Nc1nccs1. The van der Waals surface area contributed by atoms with Crippen LogP contribution in [0.3, 0.4) is 0 Å². The highest BCUT2D eigenvalue weighted by Crippen LogP contribution is 2.26. The molecule has 0 saturated heterocycles. The lowest BCUT2D eigenvalue weighted by Gasteiger charge is -2.17. The van der Waals surface area contributed by atoms with Crippen LogP contribution in [0.5, 0.6) is 5.75 Å². The molecular formula is C14H13N3O3S. The van der Waals surface area contributed by atoms with E-state index in [0.717, 1.165) is 11.3 Å². The van der Waals surface area contributed by atoms with Crippen molar-refractivity contribution in [2.24, 2.45) is 0 Å². The summed E-state index contributed by atoms with van der Waals surface area (Å²) in [7, 11) is 0. The van der Waals surface area contributed by atoms with Crippen LogP contribution in [0.4, 0.5) is 10.8 Å². The van der Waals surface area contributed by atoms with Gasteiger partial charge in [-0.2, -0.15) is 0 Å². The number of hydrogen-bond acceptors (Lipinski definition) is 5. The summed E-state index contributed by atoms with van der Waals surface area (Å²) in [4.78, 5) is 26.9. The summed E-state index contributed by atoms with van der Waals surface area (Å²) in [6, 6.07) is 5.38. The number of nitrogens with zero attached hydrogens (tertiary/aromatic N) is 1. The van der Waals surface area contributed by atoms with Crippen molar-refractivity contribution in [2.75, 3.05) is 17.2 Å². The van der Waals surface area contributed by atoms with Crippen molar-refractivity contribution in [1.29, 1.82) is 0 Å². The lowest BCUT2D eigenvalue weighted by atomic mass is 10.0. The molecule has 108 valence electrons. The van der Waals surface area contributed by atoms with Gasteiger partial charge in [0.25, 0.3) is 5.91 Å². The molecule has 6 nitrogen and oxygen atoms in total. The van der Waals surface area contributed by atoms with Crippen molar-refractivity contribution in [1.82, 2.24) is 4.98 Å². The maximum Gasteiger partial charge on any atom is 0.264 e. The van der Waals surface area contributed by atoms with E-state index in [1.54, 1.807) is 23.7 Å². The maximum absolute atomic E-state index is 11.7. The second-order valence-electron chi connectivity index (χ2n) is 4.54. The number of hydrogen-bond donors (Lipinski definition) is 2. The molecule has 0 saturated carbocycles. The zero-order valence-electron chi connectivity index (χ0n) is 11.1. The molecule has 2 heterocycles. The first kappa shape index (κ1) is 13.6. The number of carbonyl (C=O) groups is 2. The molecule has 1 aromatic heterocycles. The van der Waals surface area contributed by atoms with E-state index in [-0.39, 0.29) is 18.4 Å². The van der Waals surface area contributed by atoms with Gasteiger partial charge in [-0.25, -0.2) is 4.98 Å². The van der Waals surface area contributed by atoms with Crippen molar-refractivity contribution < 1.29 is 14.3 Å². The average Bonchev–Trinajstić information content (AvgIpc) is 2.98. The van der Waals surface area contributed by atoms with Gasteiger partial charge in [-0.15, -0.1) is 11.3 Å². The third-order valence-corrected chi connectivity index (χ3v) is 3.71. The minimum absolute atomic E-state index is 0.0268. The van der Waals surface area contributed by atoms with E-state index in [1.165, 1.54) is 11.3 Å². The Morgan fingerprint density at radius 1 is 1.43 bits per heavy atom. The van der Waals surface area contributed by atoms with E-state index < -0.39 is 0 Å². The zero-order valence-corrected chi connectivity index (χ0v) is 11.9. The first-order chi connectivity index (χ1) is 10.2. The summed E-state index contributed by atoms with van der Waals surface area (Å²) < 4.78 is 5.46. The normalized spacial score (nSPS) is 13.2. The average molecular weight is 303 g/mol. The van der Waals surface area contributed by atoms with Crippen LogP contribution in [-0.2, 0) is 16.0 Å². The Hall–Kier alpha value is -2.41. The first-order valence-electron chi connectivity index (χ1n) is 6.45. The molecule has 7 heteroatoms. The second kappa shape index (κ2) is 5.92. The lowest BCUT2D eigenvalue weighted by Crippen LogP contribution is -2.21. The van der Waals surface area contributed by atoms with Crippen LogP contribution in [0.25, 0.3) is 0 Å². The minimum Gasteiger partial charge on any atom is -0.484 e. The van der Waals surface area contributed by atoms with Gasteiger partial charge < -0.3 is 10.1 Å². The quantitative estimate of drug-likeness (QED) is 0.906. The summed E-state index contributed by atoms with van der Waals surface area (Å²) in [6.45, 7) is -0.0786. The fraction of sp³-hybridized carbons (Fsp3) is 0.214. The molecule has 0 atom stereocenters. The molecule has 0 spiro atoms. The van der Waals surface area contributed by atoms with Crippen LogP contribution in [-0.4, -0.2) is 23.4 Å². The highest BCUT2D eigenvalue weighted by atomic mass is 32.1. The van der Waals surface area contributed by atoms with Gasteiger partial charge in [0.15, 0.2) is 11.7 Å². The smallest absolute Gasteiger partial charge is 0.264 e. The molecule has 3 rings (SSSR count). The Labute approximate surface area is 125 Å². The molecule has 2 amide bonds. The van der Waals surface area contributed by atoms with Crippen LogP contribution < -0.4 is 15.4 Å². The first-order valence-corrected chi connectivity index (χ1v) is 7.33. The standard InChI is InChI=1S/C14H13N3O3S/c18-12-4-1-9-7-10(2-3-11(9)16-12)20-8-13(19)17-14-15-5-6-21-14/h2-3,5-7H,1,4,8H2,(H,16,18)(H,15,17,19). The largest absolute Gasteiger partial charge is 0.484 e. The summed E-state index contributed by atoms with van der Waals surface area (Å²) >= 11 is 1.35. The minimum atomic E-state index is -0.254. The van der Waals surface area contributed by atoms with Gasteiger partial charge in [0.2, 0.25) is 5.91 Å². The molecule has 0 bridgehead atoms. The number of benzene rings is 1. The number of nitrogens with one attached hydrogen (secondary N) is 2. The molecule has 1 aromatic carbocycles. The van der Waals surface area contributed by atoms with Crippen molar-refractivity contribution in [3.63, 3.8) is 0 Å². The van der Waals surface area contributed by atoms with Crippen molar-refractivity contribution in [3.05, 3.63) is 35.3 Å². The van der Waals surface area contributed by atoms with Crippen LogP contribution in [0.15, 0.2) is 29.8 Å². The number of anilines is 2. The molecule has 1 aliphatic rings. The Balaban J connectivity index is 1.58. The third-order valence-electron chi connectivity index (χ3n) is 3.02. The molecular weight excluding hydrogens is 290 g/mol. The van der Waals surface area contributed by atoms with Gasteiger partial charge in [-0.05, 0) is 30.2 Å². The Bertz CT molecular complexity index is 670. The van der Waals surface area contributed by atoms with E-state index in [0.29, 0.717) is 23.7 Å². The number of thiazole rings is 1. The second-order valence-corrected chi connectivity index (χ2v) is 5.44.